The quantitative estimate of drug-likeness (QED) is 0.376. The summed E-state index contributed by atoms with van der Waals surface area (Å²) in [6, 6.07) is 6.06. The van der Waals surface area contributed by atoms with E-state index in [1.807, 2.05) is 12.1 Å². The Morgan fingerprint density at radius 1 is 1.29 bits per heavy atom. The number of halogens is 1. The normalized spacial score (nSPS) is 10.9. The third kappa shape index (κ3) is 6.27. The van der Waals surface area contributed by atoms with Crippen molar-refractivity contribution in [1.29, 1.82) is 0 Å². The number of aromatic nitrogens is 1. The first-order valence-electron chi connectivity index (χ1n) is 7.78. The molecule has 0 aromatic carbocycles. The Bertz CT molecular complexity index is 645. The molecule has 7 heteroatoms. The van der Waals surface area contributed by atoms with Crippen LogP contribution >= 0.6 is 35.3 Å². The minimum atomic E-state index is 0. The average Bonchev–Trinajstić information content (AvgIpc) is 2.99. The molecule has 0 aliphatic rings. The minimum Gasteiger partial charge on any atom is -0.477 e. The molecule has 0 saturated carbocycles. The molecule has 0 spiro atoms. The fourth-order valence-corrected chi connectivity index (χ4v) is 2.88. The molecule has 0 radical (unpaired) electrons. The number of thiophene rings is 1. The van der Waals surface area contributed by atoms with Gasteiger partial charge in [-0.05, 0) is 36.4 Å². The van der Waals surface area contributed by atoms with Crippen LogP contribution in [-0.4, -0.2) is 24.6 Å². The SMILES string of the molecule is CCCOc1ncccc1CNC(=NC)NCc1sccc1C.I. The van der Waals surface area contributed by atoms with Crippen molar-refractivity contribution >= 4 is 41.3 Å². The highest BCUT2D eigenvalue weighted by atomic mass is 127. The number of aliphatic imine (C=N–C) groups is 1. The third-order valence-electron chi connectivity index (χ3n) is 3.35. The molecular weight excluding hydrogens is 435 g/mol. The Morgan fingerprint density at radius 3 is 2.75 bits per heavy atom. The lowest BCUT2D eigenvalue weighted by molar-refractivity contribution is 0.301. The van der Waals surface area contributed by atoms with E-state index in [0.717, 1.165) is 24.5 Å². The summed E-state index contributed by atoms with van der Waals surface area (Å²) in [6.07, 6.45) is 2.72. The molecule has 24 heavy (non-hydrogen) atoms. The molecule has 0 amide bonds. The number of aryl methyl sites for hydroxylation is 1. The molecule has 0 fully saturated rings. The molecule has 2 rings (SSSR count). The number of hydrogen-bond acceptors (Lipinski definition) is 4. The fourth-order valence-electron chi connectivity index (χ4n) is 2.04. The van der Waals surface area contributed by atoms with Crippen molar-refractivity contribution in [2.75, 3.05) is 13.7 Å². The first-order valence-corrected chi connectivity index (χ1v) is 8.66. The highest BCUT2D eigenvalue weighted by Crippen LogP contribution is 2.15. The number of nitrogens with one attached hydrogen (secondary N) is 2. The van der Waals surface area contributed by atoms with Crippen molar-refractivity contribution in [3.63, 3.8) is 0 Å². The molecule has 5 nitrogen and oxygen atoms in total. The van der Waals surface area contributed by atoms with E-state index in [-0.39, 0.29) is 24.0 Å². The van der Waals surface area contributed by atoms with Gasteiger partial charge in [0.2, 0.25) is 5.88 Å². The van der Waals surface area contributed by atoms with Crippen molar-refractivity contribution in [1.82, 2.24) is 15.6 Å². The fraction of sp³-hybridized carbons (Fsp3) is 0.412. The highest BCUT2D eigenvalue weighted by molar-refractivity contribution is 14.0. The van der Waals surface area contributed by atoms with Crippen LogP contribution in [0.1, 0.15) is 29.3 Å². The van der Waals surface area contributed by atoms with E-state index in [9.17, 15) is 0 Å². The molecule has 2 aromatic heterocycles. The number of ether oxygens (including phenoxy) is 1. The molecule has 0 bridgehead atoms. The maximum Gasteiger partial charge on any atom is 0.218 e. The monoisotopic (exact) mass is 460 g/mol. The van der Waals surface area contributed by atoms with Gasteiger partial charge in [-0.25, -0.2) is 4.98 Å². The van der Waals surface area contributed by atoms with E-state index in [1.54, 1.807) is 24.6 Å². The number of nitrogens with zero attached hydrogens (tertiary/aromatic N) is 2. The second kappa shape index (κ2) is 11.2. The highest BCUT2D eigenvalue weighted by Gasteiger charge is 2.06. The van der Waals surface area contributed by atoms with E-state index in [4.69, 9.17) is 4.74 Å². The van der Waals surface area contributed by atoms with Crippen molar-refractivity contribution in [2.24, 2.45) is 4.99 Å². The van der Waals surface area contributed by atoms with Crippen LogP contribution in [0.3, 0.4) is 0 Å². The summed E-state index contributed by atoms with van der Waals surface area (Å²) in [5, 5.41) is 8.75. The van der Waals surface area contributed by atoms with Gasteiger partial charge in [-0.15, -0.1) is 35.3 Å². The zero-order chi connectivity index (χ0) is 16.5. The summed E-state index contributed by atoms with van der Waals surface area (Å²) in [5.41, 5.74) is 2.33. The Morgan fingerprint density at radius 2 is 2.08 bits per heavy atom. The van der Waals surface area contributed by atoms with E-state index in [0.29, 0.717) is 19.0 Å². The maximum absolute atomic E-state index is 5.68. The van der Waals surface area contributed by atoms with Crippen LogP contribution in [-0.2, 0) is 13.1 Å². The lowest BCUT2D eigenvalue weighted by Crippen LogP contribution is -2.36. The van der Waals surface area contributed by atoms with Gasteiger partial charge in [0.1, 0.15) is 0 Å². The second-order valence-electron chi connectivity index (χ2n) is 5.12. The summed E-state index contributed by atoms with van der Waals surface area (Å²) in [6.45, 7) is 6.27. The smallest absolute Gasteiger partial charge is 0.218 e. The van der Waals surface area contributed by atoms with Crippen molar-refractivity contribution < 1.29 is 4.74 Å². The predicted octanol–water partition coefficient (Wildman–Crippen LogP) is 3.72. The van der Waals surface area contributed by atoms with Crippen LogP contribution in [0.25, 0.3) is 0 Å². The van der Waals surface area contributed by atoms with Gasteiger partial charge in [-0.3, -0.25) is 4.99 Å². The molecule has 0 atom stereocenters. The van der Waals surface area contributed by atoms with Crippen LogP contribution in [0.5, 0.6) is 5.88 Å². The van der Waals surface area contributed by atoms with Gasteiger partial charge in [0.25, 0.3) is 0 Å². The molecule has 0 aliphatic heterocycles. The van der Waals surface area contributed by atoms with E-state index < -0.39 is 0 Å². The van der Waals surface area contributed by atoms with Gasteiger partial charge in [0.05, 0.1) is 13.2 Å². The maximum atomic E-state index is 5.68. The predicted molar refractivity (Wildman–Crippen MR) is 112 cm³/mol. The Kier molecular flexibility index (Phi) is 9.70. The van der Waals surface area contributed by atoms with Crippen molar-refractivity contribution in [3.05, 3.63) is 45.8 Å². The zero-order valence-electron chi connectivity index (χ0n) is 14.3. The van der Waals surface area contributed by atoms with Crippen molar-refractivity contribution in [3.8, 4) is 5.88 Å². The lowest BCUT2D eigenvalue weighted by Gasteiger charge is -2.13. The summed E-state index contributed by atoms with van der Waals surface area (Å²) >= 11 is 1.75. The first-order chi connectivity index (χ1) is 11.2. The molecule has 2 heterocycles. The van der Waals surface area contributed by atoms with Gasteiger partial charge in [0.15, 0.2) is 5.96 Å². The van der Waals surface area contributed by atoms with Crippen LogP contribution in [0.15, 0.2) is 34.8 Å². The lowest BCUT2D eigenvalue weighted by atomic mass is 10.2. The first kappa shape index (κ1) is 20.7. The summed E-state index contributed by atoms with van der Waals surface area (Å²) < 4.78 is 5.68. The Labute approximate surface area is 165 Å². The number of rotatable bonds is 7. The zero-order valence-corrected chi connectivity index (χ0v) is 17.5. The van der Waals surface area contributed by atoms with Crippen LogP contribution < -0.4 is 15.4 Å². The van der Waals surface area contributed by atoms with Gasteiger partial charge in [-0.2, -0.15) is 0 Å². The number of guanidine groups is 1. The van der Waals surface area contributed by atoms with Gasteiger partial charge in [0, 0.05) is 30.2 Å². The molecule has 2 aromatic rings. The van der Waals surface area contributed by atoms with Gasteiger partial charge in [-0.1, -0.05) is 13.0 Å². The topological polar surface area (TPSA) is 58.5 Å². The van der Waals surface area contributed by atoms with E-state index in [2.05, 4.69) is 45.9 Å². The van der Waals surface area contributed by atoms with E-state index in [1.165, 1.54) is 10.4 Å². The summed E-state index contributed by atoms with van der Waals surface area (Å²) in [4.78, 5) is 9.88. The molecule has 2 N–H and O–H groups in total. The average molecular weight is 460 g/mol. The van der Waals surface area contributed by atoms with Crippen LogP contribution in [0.4, 0.5) is 0 Å². The van der Waals surface area contributed by atoms with Crippen molar-refractivity contribution in [2.45, 2.75) is 33.4 Å². The van der Waals surface area contributed by atoms with Crippen LogP contribution in [0, 0.1) is 6.92 Å². The molecule has 0 unspecified atom stereocenters. The number of hydrogen-bond donors (Lipinski definition) is 2. The summed E-state index contributed by atoms with van der Waals surface area (Å²) in [7, 11) is 1.77. The molecular formula is C17H25IN4OS. The molecule has 0 aliphatic carbocycles. The minimum absolute atomic E-state index is 0. The van der Waals surface area contributed by atoms with Crippen LogP contribution in [0.2, 0.25) is 0 Å². The Hall–Kier alpha value is -1.35. The standard InChI is InChI=1S/C17H24N4OS.HI/c1-4-9-22-16-14(6-5-8-19-16)11-20-17(18-3)21-12-15-13(2)7-10-23-15;/h5-8,10H,4,9,11-12H2,1-3H3,(H2,18,20,21);1H. The summed E-state index contributed by atoms with van der Waals surface area (Å²) in [5.74, 6) is 1.45. The largest absolute Gasteiger partial charge is 0.477 e. The molecule has 0 saturated heterocycles. The molecule has 132 valence electrons. The van der Waals surface area contributed by atoms with Gasteiger partial charge >= 0.3 is 0 Å². The second-order valence-corrected chi connectivity index (χ2v) is 6.12. The number of pyridine rings is 1. The Balaban J connectivity index is 0.00000288. The van der Waals surface area contributed by atoms with E-state index >= 15 is 0 Å². The van der Waals surface area contributed by atoms with Gasteiger partial charge < -0.3 is 15.4 Å². The third-order valence-corrected chi connectivity index (χ3v) is 4.37.